The molecule has 1 rings (SSSR count). The van der Waals surface area contributed by atoms with Crippen molar-refractivity contribution in [3.05, 3.63) is 0 Å². The minimum atomic E-state index is -1.13. The van der Waals surface area contributed by atoms with Crippen LogP contribution in [0.15, 0.2) is 0 Å². The Morgan fingerprint density at radius 2 is 2.14 bits per heavy atom. The highest BCUT2D eigenvalue weighted by Gasteiger charge is 2.34. The molecule has 0 radical (unpaired) electrons. The van der Waals surface area contributed by atoms with Crippen molar-refractivity contribution in [3.8, 4) is 0 Å². The van der Waals surface area contributed by atoms with E-state index < -0.39 is 24.8 Å². The molecule has 1 fully saturated rings. The summed E-state index contributed by atoms with van der Waals surface area (Å²) < 4.78 is 17.7. The quantitative estimate of drug-likeness (QED) is 0.703. The summed E-state index contributed by atoms with van der Waals surface area (Å²) in [5.74, 6) is -0.447. The summed E-state index contributed by atoms with van der Waals surface area (Å²) in [6, 6.07) is 0. The summed E-state index contributed by atoms with van der Waals surface area (Å²) in [5.41, 5.74) is 0. The van der Waals surface area contributed by atoms with Gasteiger partial charge in [0.05, 0.1) is 6.54 Å². The molecule has 0 bridgehead atoms. The van der Waals surface area contributed by atoms with Gasteiger partial charge in [0.1, 0.15) is 18.9 Å². The molecule has 1 heterocycles. The van der Waals surface area contributed by atoms with Gasteiger partial charge < -0.3 is 14.7 Å². The van der Waals surface area contributed by atoms with Crippen molar-refractivity contribution >= 4 is 5.91 Å². The minimum absolute atomic E-state index is 0.0257. The van der Waals surface area contributed by atoms with E-state index in [0.717, 1.165) is 0 Å². The Balaban J connectivity index is 0.000000791. The molecule has 0 aliphatic carbocycles. The maximum atomic E-state index is 12.9. The van der Waals surface area contributed by atoms with Crippen LogP contribution >= 0.6 is 0 Å². The molecule has 0 aromatic rings. The average molecular weight is 207 g/mol. The summed E-state index contributed by atoms with van der Waals surface area (Å²) >= 11 is 0. The Hall–Kier alpha value is -0.680. The molecule has 2 atom stereocenters. The van der Waals surface area contributed by atoms with Gasteiger partial charge in [-0.3, -0.25) is 4.79 Å². The van der Waals surface area contributed by atoms with Gasteiger partial charge in [0.25, 0.3) is 0 Å². The van der Waals surface area contributed by atoms with Crippen LogP contribution in [-0.2, 0) is 9.53 Å². The number of carbonyl (C=O) groups is 1. The molecule has 4 nitrogen and oxygen atoms in total. The maximum Gasteiger partial charge on any atom is 0.248 e. The van der Waals surface area contributed by atoms with Crippen molar-refractivity contribution in [2.45, 2.75) is 26.1 Å². The normalized spacial score (nSPS) is 25.6. The third kappa shape index (κ3) is 3.23. The number of nitrogens with zero attached hydrogens (tertiary/aromatic N) is 1. The third-order valence-electron chi connectivity index (χ3n) is 1.99. The summed E-state index contributed by atoms with van der Waals surface area (Å²) in [7, 11) is 1.41. The number of alkyl halides is 1. The Kier molecular flexibility index (Phi) is 6.40. The smallest absolute Gasteiger partial charge is 0.248 e. The topological polar surface area (TPSA) is 49.8 Å². The molecule has 0 saturated carbocycles. The number of halogens is 1. The van der Waals surface area contributed by atoms with Crippen LogP contribution in [0.25, 0.3) is 0 Å². The molecule has 0 aromatic heterocycles. The van der Waals surface area contributed by atoms with Crippen molar-refractivity contribution in [2.75, 3.05) is 26.8 Å². The monoisotopic (exact) mass is 207 g/mol. The summed E-state index contributed by atoms with van der Waals surface area (Å²) in [4.78, 5) is 12.1. The fourth-order valence-electron chi connectivity index (χ4n) is 1.26. The van der Waals surface area contributed by atoms with E-state index in [2.05, 4.69) is 0 Å². The van der Waals surface area contributed by atoms with Crippen LogP contribution in [-0.4, -0.2) is 55.0 Å². The number of ether oxygens (including phenoxy) is 1. The molecular weight excluding hydrogens is 189 g/mol. The van der Waals surface area contributed by atoms with Gasteiger partial charge in [0.15, 0.2) is 0 Å². The zero-order valence-corrected chi connectivity index (χ0v) is 8.86. The van der Waals surface area contributed by atoms with Crippen molar-refractivity contribution in [1.82, 2.24) is 4.90 Å². The number of aliphatic hydroxyl groups excluding tert-OH is 1. The predicted molar refractivity (Wildman–Crippen MR) is 50.7 cm³/mol. The molecule has 1 amide bonds. The lowest BCUT2D eigenvalue weighted by molar-refractivity contribution is -0.133. The Morgan fingerprint density at radius 3 is 2.50 bits per heavy atom. The third-order valence-corrected chi connectivity index (χ3v) is 1.99. The van der Waals surface area contributed by atoms with Crippen molar-refractivity contribution < 1.29 is 19.0 Å². The highest BCUT2D eigenvalue weighted by atomic mass is 19.1. The van der Waals surface area contributed by atoms with Gasteiger partial charge in [0, 0.05) is 13.7 Å². The number of likely N-dealkylation sites (tertiary alicyclic amines) is 1. The zero-order chi connectivity index (χ0) is 11.1. The van der Waals surface area contributed by atoms with Crippen LogP contribution in [0.5, 0.6) is 0 Å². The second-order valence-corrected chi connectivity index (χ2v) is 2.75. The first-order valence-corrected chi connectivity index (χ1v) is 4.74. The lowest BCUT2D eigenvalue weighted by Crippen LogP contribution is -2.32. The first kappa shape index (κ1) is 13.3. The van der Waals surface area contributed by atoms with Crippen molar-refractivity contribution in [1.29, 1.82) is 0 Å². The van der Waals surface area contributed by atoms with Gasteiger partial charge in [-0.1, -0.05) is 13.8 Å². The molecule has 0 aromatic carbocycles. The minimum Gasteiger partial charge on any atom is -0.387 e. The molecule has 1 aliphatic heterocycles. The van der Waals surface area contributed by atoms with E-state index in [9.17, 15) is 9.18 Å². The second kappa shape index (κ2) is 6.73. The molecule has 0 spiro atoms. The van der Waals surface area contributed by atoms with Crippen LogP contribution in [0.3, 0.4) is 0 Å². The molecule has 1 N–H and O–H groups in total. The van der Waals surface area contributed by atoms with Crippen LogP contribution in [0.2, 0.25) is 0 Å². The van der Waals surface area contributed by atoms with Gasteiger partial charge >= 0.3 is 0 Å². The molecule has 5 heteroatoms. The molecular formula is C9H18FNO3. The van der Waals surface area contributed by atoms with Crippen LogP contribution in [0.1, 0.15) is 13.8 Å². The highest BCUT2D eigenvalue weighted by Crippen LogP contribution is 2.15. The lowest BCUT2D eigenvalue weighted by Gasteiger charge is -2.13. The van der Waals surface area contributed by atoms with Gasteiger partial charge in [-0.25, -0.2) is 4.39 Å². The number of hydrogen-bond acceptors (Lipinski definition) is 3. The summed E-state index contributed by atoms with van der Waals surface area (Å²) in [5, 5.41) is 8.49. The standard InChI is InChI=1S/C7H12FNO3.C2H6/c1-12-6-3-9(2-5(6)8)7(11)4-10;1-2/h5-6,10H,2-4H2,1H3;1-2H3/t5-,6+;/m1./s1. The van der Waals surface area contributed by atoms with Gasteiger partial charge in [-0.2, -0.15) is 0 Å². The van der Waals surface area contributed by atoms with Gasteiger partial charge in [-0.15, -0.1) is 0 Å². The number of hydrogen-bond donors (Lipinski definition) is 1. The molecule has 1 saturated heterocycles. The number of methoxy groups -OCH3 is 1. The van der Waals surface area contributed by atoms with E-state index in [1.165, 1.54) is 12.0 Å². The number of amides is 1. The lowest BCUT2D eigenvalue weighted by atomic mass is 10.3. The van der Waals surface area contributed by atoms with E-state index >= 15 is 0 Å². The van der Waals surface area contributed by atoms with E-state index in [1.54, 1.807) is 0 Å². The van der Waals surface area contributed by atoms with E-state index in [4.69, 9.17) is 9.84 Å². The van der Waals surface area contributed by atoms with Gasteiger partial charge in [0.2, 0.25) is 5.91 Å². The Labute approximate surface area is 83.7 Å². The highest BCUT2D eigenvalue weighted by molar-refractivity contribution is 5.77. The predicted octanol–water partition coefficient (Wildman–Crippen LogP) is 0.200. The first-order chi connectivity index (χ1) is 6.69. The largest absolute Gasteiger partial charge is 0.387 e. The number of rotatable bonds is 2. The Bertz CT molecular complexity index is 177. The van der Waals surface area contributed by atoms with Crippen LogP contribution in [0, 0.1) is 0 Å². The Morgan fingerprint density at radius 1 is 1.57 bits per heavy atom. The van der Waals surface area contributed by atoms with Crippen LogP contribution in [0.4, 0.5) is 4.39 Å². The van der Waals surface area contributed by atoms with Crippen LogP contribution < -0.4 is 0 Å². The number of aliphatic hydroxyl groups is 1. The number of carbonyl (C=O) groups excluding carboxylic acids is 1. The molecule has 14 heavy (non-hydrogen) atoms. The van der Waals surface area contributed by atoms with Crippen molar-refractivity contribution in [3.63, 3.8) is 0 Å². The maximum absolute atomic E-state index is 12.9. The summed E-state index contributed by atoms with van der Waals surface area (Å²) in [6.45, 7) is 3.69. The fourth-order valence-corrected chi connectivity index (χ4v) is 1.26. The summed E-state index contributed by atoms with van der Waals surface area (Å²) in [6.07, 6.45) is -1.68. The molecule has 0 unspecified atom stereocenters. The van der Waals surface area contributed by atoms with Crippen molar-refractivity contribution in [2.24, 2.45) is 0 Å². The molecule has 1 aliphatic rings. The van der Waals surface area contributed by atoms with Gasteiger partial charge in [-0.05, 0) is 0 Å². The van der Waals surface area contributed by atoms with E-state index in [0.29, 0.717) is 0 Å². The second-order valence-electron chi connectivity index (χ2n) is 2.75. The van der Waals surface area contributed by atoms with E-state index in [1.807, 2.05) is 13.8 Å². The zero-order valence-electron chi connectivity index (χ0n) is 8.86. The molecule has 84 valence electrons. The SMILES string of the molecule is CC.CO[C@H]1CN(C(=O)CO)C[C@H]1F. The average Bonchev–Trinajstić information content (AvgIpc) is 2.61. The first-order valence-electron chi connectivity index (χ1n) is 4.74. The van der Waals surface area contributed by atoms with E-state index in [-0.39, 0.29) is 13.1 Å². The fraction of sp³-hybridized carbons (Fsp3) is 0.889.